The zero-order valence-electron chi connectivity index (χ0n) is 9.69. The molecule has 1 N–H and O–H groups in total. The minimum absolute atomic E-state index is 0.156. The molecule has 3 atom stereocenters. The van der Waals surface area contributed by atoms with Crippen LogP contribution in [0, 0.1) is 23.7 Å². The van der Waals surface area contributed by atoms with E-state index in [4.69, 9.17) is 0 Å². The molecule has 0 aromatic heterocycles. The first kappa shape index (κ1) is 11.2. The lowest BCUT2D eigenvalue weighted by molar-refractivity contribution is 0.0491. The van der Waals surface area contributed by atoms with Crippen molar-refractivity contribution in [3.63, 3.8) is 0 Å². The summed E-state index contributed by atoms with van der Waals surface area (Å²) in [5.74, 6) is 6.92. The van der Waals surface area contributed by atoms with Crippen LogP contribution in [-0.4, -0.2) is 11.2 Å². The molecule has 1 aromatic carbocycles. The van der Waals surface area contributed by atoms with Crippen molar-refractivity contribution in [2.45, 2.75) is 32.3 Å². The standard InChI is InChI=1S/C15H18O/c1-12-6-5-9-14(15(12)16)11-10-13-7-3-2-4-8-13/h2-4,7-8,12,14-16H,5-6,9H2,1H3. The minimum atomic E-state index is -0.245. The minimum Gasteiger partial charge on any atom is -0.392 e. The quantitative estimate of drug-likeness (QED) is 0.658. The second kappa shape index (κ2) is 5.18. The van der Waals surface area contributed by atoms with Crippen LogP contribution in [0.4, 0.5) is 0 Å². The molecule has 0 radical (unpaired) electrons. The summed E-state index contributed by atoms with van der Waals surface area (Å²) >= 11 is 0. The first-order valence-corrected chi connectivity index (χ1v) is 6.02. The summed E-state index contributed by atoms with van der Waals surface area (Å²) < 4.78 is 0. The van der Waals surface area contributed by atoms with Gasteiger partial charge in [0.1, 0.15) is 0 Å². The molecule has 2 rings (SSSR count). The van der Waals surface area contributed by atoms with E-state index in [9.17, 15) is 5.11 Å². The maximum Gasteiger partial charge on any atom is 0.0703 e. The molecule has 1 saturated carbocycles. The second-order valence-electron chi connectivity index (χ2n) is 4.64. The van der Waals surface area contributed by atoms with Gasteiger partial charge in [-0.15, -0.1) is 0 Å². The molecule has 0 bridgehead atoms. The average molecular weight is 214 g/mol. The number of hydrogen-bond donors (Lipinski definition) is 1. The van der Waals surface area contributed by atoms with E-state index in [1.807, 2.05) is 30.3 Å². The number of rotatable bonds is 0. The molecule has 1 aliphatic rings. The van der Waals surface area contributed by atoms with E-state index in [0.29, 0.717) is 5.92 Å². The van der Waals surface area contributed by atoms with E-state index in [-0.39, 0.29) is 12.0 Å². The number of aliphatic hydroxyl groups is 1. The lowest BCUT2D eigenvalue weighted by atomic mass is 9.80. The van der Waals surface area contributed by atoms with E-state index < -0.39 is 0 Å². The van der Waals surface area contributed by atoms with Crippen LogP contribution in [-0.2, 0) is 0 Å². The third-order valence-corrected chi connectivity index (χ3v) is 3.35. The monoisotopic (exact) mass is 214 g/mol. The Morgan fingerprint density at radius 1 is 1.19 bits per heavy atom. The van der Waals surface area contributed by atoms with Gasteiger partial charge in [-0.25, -0.2) is 0 Å². The molecule has 1 aliphatic carbocycles. The fourth-order valence-electron chi connectivity index (χ4n) is 2.25. The third-order valence-electron chi connectivity index (χ3n) is 3.35. The molecule has 3 unspecified atom stereocenters. The van der Waals surface area contributed by atoms with Gasteiger partial charge in [0.05, 0.1) is 6.10 Å². The van der Waals surface area contributed by atoms with Crippen molar-refractivity contribution in [3.05, 3.63) is 35.9 Å². The van der Waals surface area contributed by atoms with Crippen LogP contribution >= 0.6 is 0 Å². The van der Waals surface area contributed by atoms with Gasteiger partial charge in [-0.05, 0) is 30.9 Å². The third kappa shape index (κ3) is 2.65. The number of hydrogen-bond acceptors (Lipinski definition) is 1. The predicted molar refractivity (Wildman–Crippen MR) is 65.8 cm³/mol. The van der Waals surface area contributed by atoms with E-state index in [1.54, 1.807) is 0 Å². The van der Waals surface area contributed by atoms with Gasteiger partial charge >= 0.3 is 0 Å². The molecule has 1 nitrogen and oxygen atoms in total. The average Bonchev–Trinajstić information content (AvgIpc) is 2.32. The Hall–Kier alpha value is -1.26. The van der Waals surface area contributed by atoms with Crippen LogP contribution in [0.25, 0.3) is 0 Å². The number of aliphatic hydroxyl groups excluding tert-OH is 1. The summed E-state index contributed by atoms with van der Waals surface area (Å²) in [6, 6.07) is 9.98. The van der Waals surface area contributed by atoms with E-state index in [2.05, 4.69) is 18.8 Å². The molecule has 0 spiro atoms. The van der Waals surface area contributed by atoms with Gasteiger partial charge < -0.3 is 5.11 Å². The molecule has 1 aromatic rings. The van der Waals surface area contributed by atoms with Crippen LogP contribution in [0.1, 0.15) is 31.7 Å². The van der Waals surface area contributed by atoms with Gasteiger partial charge in [-0.2, -0.15) is 0 Å². The summed E-state index contributed by atoms with van der Waals surface area (Å²) in [6.07, 6.45) is 3.10. The topological polar surface area (TPSA) is 20.2 Å². The normalized spacial score (nSPS) is 29.2. The van der Waals surface area contributed by atoms with Gasteiger partial charge in [0.15, 0.2) is 0 Å². The summed E-state index contributed by atoms with van der Waals surface area (Å²) in [5.41, 5.74) is 1.04. The summed E-state index contributed by atoms with van der Waals surface area (Å²) in [7, 11) is 0. The smallest absolute Gasteiger partial charge is 0.0703 e. The van der Waals surface area contributed by atoms with Gasteiger partial charge in [0, 0.05) is 11.5 Å². The molecule has 0 heterocycles. The summed E-state index contributed by atoms with van der Waals surface area (Å²) in [6.45, 7) is 2.11. The van der Waals surface area contributed by atoms with Gasteiger partial charge in [-0.1, -0.05) is 43.4 Å². The summed E-state index contributed by atoms with van der Waals surface area (Å²) in [4.78, 5) is 0. The molecule has 1 heteroatoms. The molecule has 0 aliphatic heterocycles. The van der Waals surface area contributed by atoms with Crippen LogP contribution in [0.15, 0.2) is 30.3 Å². The maximum atomic E-state index is 10.0. The molecule has 84 valence electrons. The van der Waals surface area contributed by atoms with Crippen LogP contribution in [0.5, 0.6) is 0 Å². The van der Waals surface area contributed by atoms with Gasteiger partial charge in [-0.3, -0.25) is 0 Å². The number of benzene rings is 1. The molecule has 0 saturated heterocycles. The molecule has 16 heavy (non-hydrogen) atoms. The highest BCUT2D eigenvalue weighted by Crippen LogP contribution is 2.28. The highest BCUT2D eigenvalue weighted by Gasteiger charge is 2.27. The Morgan fingerprint density at radius 3 is 2.69 bits per heavy atom. The van der Waals surface area contributed by atoms with Crippen LogP contribution < -0.4 is 0 Å². The molecule has 1 fully saturated rings. The van der Waals surface area contributed by atoms with Crippen LogP contribution in [0.2, 0.25) is 0 Å². The predicted octanol–water partition coefficient (Wildman–Crippen LogP) is 2.84. The van der Waals surface area contributed by atoms with Gasteiger partial charge in [0.2, 0.25) is 0 Å². The fourth-order valence-corrected chi connectivity index (χ4v) is 2.25. The Bertz CT molecular complexity index is 385. The van der Waals surface area contributed by atoms with Crippen molar-refractivity contribution in [2.75, 3.05) is 0 Å². The van der Waals surface area contributed by atoms with Crippen molar-refractivity contribution >= 4 is 0 Å². The van der Waals surface area contributed by atoms with E-state index in [1.165, 1.54) is 6.42 Å². The van der Waals surface area contributed by atoms with Crippen LogP contribution in [0.3, 0.4) is 0 Å². The molecular formula is C15H18O. The molecule has 0 amide bonds. The van der Waals surface area contributed by atoms with Crippen molar-refractivity contribution in [1.29, 1.82) is 0 Å². The molecular weight excluding hydrogens is 196 g/mol. The van der Waals surface area contributed by atoms with Crippen molar-refractivity contribution in [1.82, 2.24) is 0 Å². The second-order valence-corrected chi connectivity index (χ2v) is 4.64. The Kier molecular flexibility index (Phi) is 3.64. The summed E-state index contributed by atoms with van der Waals surface area (Å²) in [5, 5.41) is 10.0. The van der Waals surface area contributed by atoms with Crippen molar-refractivity contribution < 1.29 is 5.11 Å². The highest BCUT2D eigenvalue weighted by atomic mass is 16.3. The SMILES string of the molecule is CC1CCCC(C#Cc2ccccc2)C1O. The maximum absolute atomic E-state index is 10.0. The Morgan fingerprint density at radius 2 is 1.94 bits per heavy atom. The van der Waals surface area contributed by atoms with Gasteiger partial charge in [0.25, 0.3) is 0 Å². The largest absolute Gasteiger partial charge is 0.392 e. The van der Waals surface area contributed by atoms with E-state index >= 15 is 0 Å². The fraction of sp³-hybridized carbons (Fsp3) is 0.467. The zero-order chi connectivity index (χ0) is 11.4. The lowest BCUT2D eigenvalue weighted by Gasteiger charge is -2.29. The first-order valence-electron chi connectivity index (χ1n) is 6.02. The van der Waals surface area contributed by atoms with E-state index in [0.717, 1.165) is 18.4 Å². The lowest BCUT2D eigenvalue weighted by Crippen LogP contribution is -2.30. The Labute approximate surface area is 97.5 Å². The first-order chi connectivity index (χ1) is 7.77. The highest BCUT2D eigenvalue weighted by molar-refractivity contribution is 5.34. The van der Waals surface area contributed by atoms with Crippen molar-refractivity contribution in [2.24, 2.45) is 11.8 Å². The zero-order valence-corrected chi connectivity index (χ0v) is 9.69. The Balaban J connectivity index is 2.07. The van der Waals surface area contributed by atoms with Crippen molar-refractivity contribution in [3.8, 4) is 11.8 Å².